The molecule has 0 amide bonds. The molecule has 5 aliphatic rings. The Morgan fingerprint density at radius 2 is 2.00 bits per heavy atom. The summed E-state index contributed by atoms with van der Waals surface area (Å²) in [5, 5.41) is 11.5. The molecule has 1 N–H and O–H groups in total. The first-order valence-electron chi connectivity index (χ1n) is 11.5. The zero-order chi connectivity index (χ0) is 19.1. The van der Waals surface area contributed by atoms with Gasteiger partial charge in [-0.15, -0.1) is 0 Å². The third-order valence-corrected chi connectivity index (χ3v) is 10.4. The van der Waals surface area contributed by atoms with Gasteiger partial charge in [0.1, 0.15) is 0 Å². The minimum absolute atomic E-state index is 0.0913. The first kappa shape index (κ1) is 18.6. The Bertz CT molecular complexity index is 644. The van der Waals surface area contributed by atoms with Crippen LogP contribution in [-0.4, -0.2) is 60.8 Å². The molecule has 0 aromatic heterocycles. The fraction of sp³-hybridized carbons (Fsp3) is 0.917. The van der Waals surface area contributed by atoms with Crippen LogP contribution in [0.1, 0.15) is 58.8 Å². The predicted octanol–water partition coefficient (Wildman–Crippen LogP) is 3.78. The Labute approximate surface area is 166 Å². The molecule has 5 rings (SSSR count). The van der Waals surface area contributed by atoms with Gasteiger partial charge in [0.2, 0.25) is 0 Å². The summed E-state index contributed by atoms with van der Waals surface area (Å²) in [6.45, 7) is 6.10. The van der Waals surface area contributed by atoms with Crippen LogP contribution in [-0.2, 0) is 0 Å². The fourth-order valence-corrected chi connectivity index (χ4v) is 8.56. The van der Waals surface area contributed by atoms with Crippen LogP contribution in [0.15, 0.2) is 11.6 Å². The van der Waals surface area contributed by atoms with Crippen molar-refractivity contribution in [1.29, 1.82) is 0 Å². The van der Waals surface area contributed by atoms with E-state index in [-0.39, 0.29) is 11.5 Å². The monoisotopic (exact) mass is 372 g/mol. The number of piperidine rings is 1. The molecule has 1 aliphatic heterocycles. The van der Waals surface area contributed by atoms with Gasteiger partial charge in [-0.2, -0.15) is 0 Å². The predicted molar refractivity (Wildman–Crippen MR) is 110 cm³/mol. The number of fused-ring (bicyclic) bond motifs is 5. The van der Waals surface area contributed by atoms with Crippen LogP contribution < -0.4 is 0 Å². The summed E-state index contributed by atoms with van der Waals surface area (Å²) in [4.78, 5) is 4.99. The molecular weight excluding hydrogens is 332 g/mol. The number of likely N-dealkylation sites (tertiary alicyclic amines) is 1. The molecule has 1 saturated heterocycles. The van der Waals surface area contributed by atoms with Crippen molar-refractivity contribution >= 4 is 0 Å². The lowest BCUT2D eigenvalue weighted by Crippen LogP contribution is -2.60. The SMILES string of the molecule is CC1C2CC3C4CC=C5CC(N(C)C)CCC5(C)C4CC(O)C3(C2)CN1C. The number of rotatable bonds is 1. The Morgan fingerprint density at radius 3 is 2.74 bits per heavy atom. The lowest BCUT2D eigenvalue weighted by molar-refractivity contribution is -0.136. The zero-order valence-electron chi connectivity index (χ0n) is 18.1. The number of hydrogen-bond donors (Lipinski definition) is 1. The third-order valence-electron chi connectivity index (χ3n) is 10.4. The molecule has 4 aliphatic carbocycles. The van der Waals surface area contributed by atoms with E-state index in [0.29, 0.717) is 23.4 Å². The van der Waals surface area contributed by atoms with E-state index in [9.17, 15) is 5.11 Å². The van der Waals surface area contributed by atoms with Gasteiger partial charge in [-0.05, 0) is 102 Å². The summed E-state index contributed by atoms with van der Waals surface area (Å²) in [6.07, 6.45) is 11.4. The van der Waals surface area contributed by atoms with Crippen LogP contribution in [0, 0.1) is 34.5 Å². The zero-order valence-corrected chi connectivity index (χ0v) is 18.1. The Hall–Kier alpha value is -0.380. The molecule has 1 spiro atoms. The van der Waals surface area contributed by atoms with Crippen molar-refractivity contribution in [2.75, 3.05) is 27.7 Å². The first-order chi connectivity index (χ1) is 12.8. The van der Waals surface area contributed by atoms with E-state index in [1.807, 2.05) is 0 Å². The van der Waals surface area contributed by atoms with Crippen LogP contribution in [0.4, 0.5) is 0 Å². The van der Waals surface area contributed by atoms with E-state index < -0.39 is 0 Å². The maximum atomic E-state index is 11.5. The van der Waals surface area contributed by atoms with Gasteiger partial charge in [0.25, 0.3) is 0 Å². The van der Waals surface area contributed by atoms with Gasteiger partial charge in [-0.25, -0.2) is 0 Å². The number of nitrogens with zero attached hydrogens (tertiary/aromatic N) is 2. The second-order valence-electron chi connectivity index (χ2n) is 11.5. The van der Waals surface area contributed by atoms with E-state index >= 15 is 0 Å². The van der Waals surface area contributed by atoms with Crippen molar-refractivity contribution in [1.82, 2.24) is 9.80 Å². The van der Waals surface area contributed by atoms with Crippen molar-refractivity contribution in [3.05, 3.63) is 11.6 Å². The Balaban J connectivity index is 1.48. The van der Waals surface area contributed by atoms with Crippen molar-refractivity contribution in [2.24, 2.45) is 34.5 Å². The van der Waals surface area contributed by atoms with Crippen LogP contribution in [0.3, 0.4) is 0 Å². The summed E-state index contributed by atoms with van der Waals surface area (Å²) in [5.41, 5.74) is 2.25. The second-order valence-corrected chi connectivity index (χ2v) is 11.5. The minimum atomic E-state index is -0.0913. The Kier molecular flexibility index (Phi) is 4.18. The molecule has 4 fully saturated rings. The molecular formula is C24H40N2O. The van der Waals surface area contributed by atoms with Gasteiger partial charge < -0.3 is 14.9 Å². The normalized spacial score (nSPS) is 54.9. The summed E-state index contributed by atoms with van der Waals surface area (Å²) in [6, 6.07) is 1.40. The number of hydrogen-bond acceptors (Lipinski definition) is 3. The molecule has 9 atom stereocenters. The molecule has 3 nitrogen and oxygen atoms in total. The summed E-state index contributed by atoms with van der Waals surface area (Å²) < 4.78 is 0. The van der Waals surface area contributed by atoms with Gasteiger partial charge in [0.05, 0.1) is 6.10 Å². The lowest BCUT2D eigenvalue weighted by Gasteiger charge is -2.60. The standard InChI is InChI=1S/C24H40N2O/c1-15-16-10-21-19-7-6-17-11-18(25(3)4)8-9-23(17,2)20(19)12-22(27)24(21,13-16)14-26(15)5/h6,15-16,18-22,27H,7-14H2,1-5H3. The largest absolute Gasteiger partial charge is 0.392 e. The number of aliphatic hydroxyl groups excluding tert-OH is 1. The second kappa shape index (κ2) is 6.06. The van der Waals surface area contributed by atoms with Gasteiger partial charge in [0, 0.05) is 24.0 Å². The number of allylic oxidation sites excluding steroid dienone is 1. The molecule has 0 aromatic carbocycles. The summed E-state index contributed by atoms with van der Waals surface area (Å²) >= 11 is 0. The van der Waals surface area contributed by atoms with Crippen molar-refractivity contribution < 1.29 is 5.11 Å². The average Bonchev–Trinajstić information content (AvgIpc) is 2.97. The highest BCUT2D eigenvalue weighted by Gasteiger charge is 2.65. The van der Waals surface area contributed by atoms with Crippen molar-refractivity contribution in [2.45, 2.75) is 77.0 Å². The molecule has 3 saturated carbocycles. The van der Waals surface area contributed by atoms with E-state index in [4.69, 9.17) is 0 Å². The molecule has 0 aromatic rings. The van der Waals surface area contributed by atoms with Gasteiger partial charge in [-0.3, -0.25) is 0 Å². The van der Waals surface area contributed by atoms with Crippen molar-refractivity contribution in [3.63, 3.8) is 0 Å². The maximum absolute atomic E-state index is 11.5. The minimum Gasteiger partial charge on any atom is -0.392 e. The number of aliphatic hydroxyl groups is 1. The van der Waals surface area contributed by atoms with Crippen LogP contribution in [0.25, 0.3) is 0 Å². The highest BCUT2D eigenvalue weighted by atomic mass is 16.3. The molecule has 152 valence electrons. The average molecular weight is 373 g/mol. The molecule has 0 radical (unpaired) electrons. The highest BCUT2D eigenvalue weighted by molar-refractivity contribution is 5.27. The first-order valence-corrected chi connectivity index (χ1v) is 11.5. The van der Waals surface area contributed by atoms with E-state index in [2.05, 4.69) is 50.9 Å². The highest BCUT2D eigenvalue weighted by Crippen LogP contribution is 2.67. The molecule has 3 heteroatoms. The molecule has 27 heavy (non-hydrogen) atoms. The van der Waals surface area contributed by atoms with E-state index in [1.165, 1.54) is 38.5 Å². The third kappa shape index (κ3) is 2.43. The molecule has 2 bridgehead atoms. The molecule has 9 unspecified atom stereocenters. The van der Waals surface area contributed by atoms with E-state index in [1.54, 1.807) is 5.57 Å². The quantitative estimate of drug-likeness (QED) is 0.710. The lowest BCUT2D eigenvalue weighted by atomic mass is 9.47. The summed E-state index contributed by atoms with van der Waals surface area (Å²) in [5.74, 6) is 3.04. The fourth-order valence-electron chi connectivity index (χ4n) is 8.56. The van der Waals surface area contributed by atoms with Crippen LogP contribution >= 0.6 is 0 Å². The topological polar surface area (TPSA) is 26.7 Å². The smallest absolute Gasteiger partial charge is 0.0614 e. The van der Waals surface area contributed by atoms with Crippen LogP contribution in [0.5, 0.6) is 0 Å². The van der Waals surface area contributed by atoms with E-state index in [0.717, 1.165) is 30.7 Å². The molecule has 1 heterocycles. The Morgan fingerprint density at radius 1 is 1.22 bits per heavy atom. The van der Waals surface area contributed by atoms with Gasteiger partial charge in [-0.1, -0.05) is 18.6 Å². The van der Waals surface area contributed by atoms with Crippen LogP contribution in [0.2, 0.25) is 0 Å². The van der Waals surface area contributed by atoms with Crippen molar-refractivity contribution in [3.8, 4) is 0 Å². The summed E-state index contributed by atoms with van der Waals surface area (Å²) in [7, 11) is 6.77. The van der Waals surface area contributed by atoms with Gasteiger partial charge in [0.15, 0.2) is 0 Å². The van der Waals surface area contributed by atoms with Gasteiger partial charge >= 0.3 is 0 Å². The maximum Gasteiger partial charge on any atom is 0.0614 e.